The van der Waals surface area contributed by atoms with E-state index < -0.39 is 0 Å². The van der Waals surface area contributed by atoms with Crippen molar-refractivity contribution < 1.29 is 19.1 Å². The summed E-state index contributed by atoms with van der Waals surface area (Å²) in [4.78, 5) is 25.7. The zero-order valence-electron chi connectivity index (χ0n) is 15.5. The van der Waals surface area contributed by atoms with Crippen LogP contribution in [0.4, 0.5) is 21.0 Å². The molecular weight excluding hydrogens is 346 g/mol. The molecule has 2 N–H and O–H groups in total. The Morgan fingerprint density at radius 3 is 2.70 bits per heavy atom. The van der Waals surface area contributed by atoms with Gasteiger partial charge >= 0.3 is 12.1 Å². The summed E-state index contributed by atoms with van der Waals surface area (Å²) >= 11 is 0. The van der Waals surface area contributed by atoms with Crippen LogP contribution in [0.2, 0.25) is 0 Å². The van der Waals surface area contributed by atoms with Crippen LogP contribution in [0.15, 0.2) is 42.5 Å². The summed E-state index contributed by atoms with van der Waals surface area (Å²) in [7, 11) is 1.38. The summed E-state index contributed by atoms with van der Waals surface area (Å²) in [6.45, 7) is 3.50. The number of fused-ring (bicyclic) bond motifs is 1. The largest absolute Gasteiger partial charge is 0.492 e. The summed E-state index contributed by atoms with van der Waals surface area (Å²) in [6.07, 6.45) is 0.419. The van der Waals surface area contributed by atoms with Crippen molar-refractivity contribution in [2.24, 2.45) is 0 Å². The minimum absolute atomic E-state index is 0.343. The summed E-state index contributed by atoms with van der Waals surface area (Å²) in [5.74, 6) is 0.620. The first kappa shape index (κ1) is 18.6. The molecule has 1 heterocycles. The van der Waals surface area contributed by atoms with E-state index in [0.29, 0.717) is 36.8 Å². The van der Waals surface area contributed by atoms with Gasteiger partial charge in [0.05, 0.1) is 19.4 Å². The van der Waals surface area contributed by atoms with Crippen LogP contribution in [0.3, 0.4) is 0 Å². The van der Waals surface area contributed by atoms with E-state index in [1.165, 1.54) is 12.7 Å². The van der Waals surface area contributed by atoms with Gasteiger partial charge in [-0.3, -0.25) is 0 Å². The monoisotopic (exact) mass is 369 g/mol. The molecule has 1 aliphatic rings. The normalized spacial score (nSPS) is 12.7. The summed E-state index contributed by atoms with van der Waals surface area (Å²) in [5.41, 5.74) is 3.43. The average molecular weight is 369 g/mol. The quantitative estimate of drug-likeness (QED) is 0.858. The molecule has 0 spiro atoms. The SMILES string of the molecule is CCOc1ccccc1NC(=O)Nc1ccc2c(c1)CN(C(=O)OC)CC2. The van der Waals surface area contributed by atoms with Gasteiger partial charge in [-0.25, -0.2) is 9.59 Å². The molecular formula is C20H23N3O4. The van der Waals surface area contributed by atoms with Crippen molar-refractivity contribution >= 4 is 23.5 Å². The first-order valence-electron chi connectivity index (χ1n) is 8.85. The van der Waals surface area contributed by atoms with Gasteiger partial charge in [-0.15, -0.1) is 0 Å². The minimum Gasteiger partial charge on any atom is -0.492 e. The predicted molar refractivity (Wildman–Crippen MR) is 103 cm³/mol. The fourth-order valence-corrected chi connectivity index (χ4v) is 3.06. The Bertz CT molecular complexity index is 838. The second kappa shape index (κ2) is 8.44. The number of nitrogens with zero attached hydrogens (tertiary/aromatic N) is 1. The Hall–Kier alpha value is -3.22. The van der Waals surface area contributed by atoms with Crippen molar-refractivity contribution in [1.82, 2.24) is 4.90 Å². The highest BCUT2D eigenvalue weighted by Crippen LogP contribution is 2.25. The van der Waals surface area contributed by atoms with Gasteiger partial charge in [-0.05, 0) is 48.7 Å². The van der Waals surface area contributed by atoms with Crippen LogP contribution in [0.25, 0.3) is 0 Å². The molecule has 0 saturated heterocycles. The molecule has 0 radical (unpaired) electrons. The number of ether oxygens (including phenoxy) is 2. The van der Waals surface area contributed by atoms with E-state index in [9.17, 15) is 9.59 Å². The summed E-state index contributed by atoms with van der Waals surface area (Å²) < 4.78 is 10.3. The third-order valence-corrected chi connectivity index (χ3v) is 4.34. The van der Waals surface area contributed by atoms with Crippen LogP contribution >= 0.6 is 0 Å². The van der Waals surface area contributed by atoms with E-state index in [-0.39, 0.29) is 12.1 Å². The smallest absolute Gasteiger partial charge is 0.409 e. The molecule has 0 bridgehead atoms. The molecule has 3 amide bonds. The highest BCUT2D eigenvalue weighted by molar-refractivity contribution is 6.00. The predicted octanol–water partition coefficient (Wildman–Crippen LogP) is 3.85. The Kier molecular flexibility index (Phi) is 5.80. The van der Waals surface area contributed by atoms with Gasteiger partial charge in [0.25, 0.3) is 0 Å². The van der Waals surface area contributed by atoms with Crippen LogP contribution in [0.1, 0.15) is 18.1 Å². The van der Waals surface area contributed by atoms with Crippen LogP contribution in [0, 0.1) is 0 Å². The average Bonchev–Trinajstić information content (AvgIpc) is 2.68. The Morgan fingerprint density at radius 2 is 1.93 bits per heavy atom. The molecule has 1 aliphatic heterocycles. The molecule has 27 heavy (non-hydrogen) atoms. The van der Waals surface area contributed by atoms with Crippen molar-refractivity contribution in [3.05, 3.63) is 53.6 Å². The molecule has 3 rings (SSSR count). The Morgan fingerprint density at radius 1 is 1.11 bits per heavy atom. The van der Waals surface area contributed by atoms with E-state index in [2.05, 4.69) is 10.6 Å². The second-order valence-corrected chi connectivity index (χ2v) is 6.13. The highest BCUT2D eigenvalue weighted by Gasteiger charge is 2.21. The fraction of sp³-hybridized carbons (Fsp3) is 0.300. The molecule has 2 aromatic carbocycles. The van der Waals surface area contributed by atoms with Crippen LogP contribution in [-0.4, -0.2) is 37.3 Å². The van der Waals surface area contributed by atoms with Gasteiger partial charge in [-0.1, -0.05) is 18.2 Å². The Balaban J connectivity index is 1.68. The minimum atomic E-state index is -0.359. The van der Waals surface area contributed by atoms with E-state index in [1.807, 2.05) is 37.3 Å². The molecule has 0 atom stereocenters. The lowest BCUT2D eigenvalue weighted by Gasteiger charge is -2.28. The van der Waals surface area contributed by atoms with E-state index in [0.717, 1.165) is 12.0 Å². The summed E-state index contributed by atoms with van der Waals surface area (Å²) in [5, 5.41) is 5.63. The molecule has 7 heteroatoms. The second-order valence-electron chi connectivity index (χ2n) is 6.13. The molecule has 142 valence electrons. The zero-order chi connectivity index (χ0) is 19.2. The highest BCUT2D eigenvalue weighted by atomic mass is 16.5. The number of amides is 3. The van der Waals surface area contributed by atoms with Crippen LogP contribution < -0.4 is 15.4 Å². The number of anilines is 2. The number of nitrogens with one attached hydrogen (secondary N) is 2. The molecule has 0 aliphatic carbocycles. The number of urea groups is 1. The van der Waals surface area contributed by atoms with Crippen LogP contribution in [-0.2, 0) is 17.7 Å². The fourth-order valence-electron chi connectivity index (χ4n) is 3.06. The third-order valence-electron chi connectivity index (χ3n) is 4.34. The van der Waals surface area contributed by atoms with Gasteiger partial charge in [0.15, 0.2) is 0 Å². The number of benzene rings is 2. The first-order chi connectivity index (χ1) is 13.1. The lowest BCUT2D eigenvalue weighted by Crippen LogP contribution is -2.35. The van der Waals surface area contributed by atoms with Crippen LogP contribution in [0.5, 0.6) is 5.75 Å². The van der Waals surface area contributed by atoms with Gasteiger partial charge < -0.3 is 25.0 Å². The number of rotatable bonds is 4. The standard InChI is InChI=1S/C20H23N3O4/c1-3-27-18-7-5-4-6-17(18)22-19(24)21-16-9-8-14-10-11-23(20(25)26-2)13-15(14)12-16/h4-9,12H,3,10-11,13H2,1-2H3,(H2,21,22,24). The number of para-hydroxylation sites is 2. The zero-order valence-corrected chi connectivity index (χ0v) is 15.5. The molecule has 7 nitrogen and oxygen atoms in total. The third kappa shape index (κ3) is 4.49. The van der Waals surface area contributed by atoms with Gasteiger partial charge in [0, 0.05) is 18.8 Å². The number of carbonyl (C=O) groups is 2. The first-order valence-corrected chi connectivity index (χ1v) is 8.85. The molecule has 0 aromatic heterocycles. The number of methoxy groups -OCH3 is 1. The molecule has 0 fully saturated rings. The maximum absolute atomic E-state index is 12.4. The maximum atomic E-state index is 12.4. The maximum Gasteiger partial charge on any atom is 0.409 e. The van der Waals surface area contributed by atoms with Crippen molar-refractivity contribution in [1.29, 1.82) is 0 Å². The lowest BCUT2D eigenvalue weighted by molar-refractivity contribution is 0.118. The van der Waals surface area contributed by atoms with Crippen molar-refractivity contribution in [3.8, 4) is 5.75 Å². The topological polar surface area (TPSA) is 79.9 Å². The van der Waals surface area contributed by atoms with Gasteiger partial charge in [0.1, 0.15) is 5.75 Å². The lowest BCUT2D eigenvalue weighted by atomic mass is 9.99. The van der Waals surface area contributed by atoms with Crippen molar-refractivity contribution in [3.63, 3.8) is 0 Å². The van der Waals surface area contributed by atoms with Crippen molar-refractivity contribution in [2.75, 3.05) is 30.9 Å². The number of hydrogen-bond donors (Lipinski definition) is 2. The number of hydrogen-bond acceptors (Lipinski definition) is 4. The summed E-state index contributed by atoms with van der Waals surface area (Å²) in [6, 6.07) is 12.6. The Labute approximate surface area is 158 Å². The molecule has 0 unspecified atom stereocenters. The van der Waals surface area contributed by atoms with Gasteiger partial charge in [-0.2, -0.15) is 0 Å². The van der Waals surface area contributed by atoms with Crippen molar-refractivity contribution in [2.45, 2.75) is 19.9 Å². The number of carbonyl (C=O) groups excluding carboxylic acids is 2. The van der Waals surface area contributed by atoms with E-state index >= 15 is 0 Å². The van der Waals surface area contributed by atoms with E-state index in [1.54, 1.807) is 17.0 Å². The molecule has 0 saturated carbocycles. The van der Waals surface area contributed by atoms with E-state index in [4.69, 9.17) is 9.47 Å². The van der Waals surface area contributed by atoms with Gasteiger partial charge in [0.2, 0.25) is 0 Å². The molecule has 2 aromatic rings.